The van der Waals surface area contributed by atoms with Crippen molar-refractivity contribution < 1.29 is 4.79 Å². The number of aromatic nitrogens is 2. The molecule has 1 atom stereocenters. The molecule has 4 nitrogen and oxygen atoms in total. The summed E-state index contributed by atoms with van der Waals surface area (Å²) in [5.41, 5.74) is 0.955. The van der Waals surface area contributed by atoms with Gasteiger partial charge in [-0.1, -0.05) is 23.7 Å². The highest BCUT2D eigenvalue weighted by atomic mass is 35.5. The molecular formula is C13H14ClN3OS. The Morgan fingerprint density at radius 2 is 2.32 bits per heavy atom. The zero-order chi connectivity index (χ0) is 13.7. The van der Waals surface area contributed by atoms with Gasteiger partial charge in [0.1, 0.15) is 0 Å². The Hall–Kier alpha value is -1.46. The van der Waals surface area contributed by atoms with E-state index in [1.54, 1.807) is 12.4 Å². The third-order valence-electron chi connectivity index (χ3n) is 2.59. The van der Waals surface area contributed by atoms with Crippen LogP contribution in [0.1, 0.15) is 18.5 Å². The Labute approximate surface area is 120 Å². The van der Waals surface area contributed by atoms with Gasteiger partial charge in [0.15, 0.2) is 0 Å². The number of nitrogens with zero attached hydrogens (tertiary/aromatic N) is 1. The predicted octanol–water partition coefficient (Wildman–Crippen LogP) is 3.03. The van der Waals surface area contributed by atoms with Crippen LogP contribution in [0.15, 0.2) is 41.6 Å². The van der Waals surface area contributed by atoms with Gasteiger partial charge < -0.3 is 5.32 Å². The van der Waals surface area contributed by atoms with E-state index in [2.05, 4.69) is 15.5 Å². The molecule has 0 bridgehead atoms. The summed E-state index contributed by atoms with van der Waals surface area (Å²) < 4.78 is 0. The SMILES string of the molecule is CC(NC(=O)CSc1ccccc1Cl)c1cn[nH]c1. The van der Waals surface area contributed by atoms with Gasteiger partial charge in [-0.15, -0.1) is 11.8 Å². The van der Waals surface area contributed by atoms with E-state index >= 15 is 0 Å². The van der Waals surface area contributed by atoms with Crippen LogP contribution in [-0.4, -0.2) is 21.9 Å². The number of thioether (sulfide) groups is 1. The zero-order valence-corrected chi connectivity index (χ0v) is 12.0. The molecule has 0 radical (unpaired) electrons. The number of carbonyl (C=O) groups excluding carboxylic acids is 1. The molecule has 1 aromatic heterocycles. The van der Waals surface area contributed by atoms with Crippen molar-refractivity contribution in [2.75, 3.05) is 5.75 Å². The number of halogens is 1. The first-order valence-corrected chi connectivity index (χ1v) is 7.18. The number of H-pyrrole nitrogens is 1. The molecule has 0 aliphatic rings. The molecule has 1 unspecified atom stereocenters. The van der Waals surface area contributed by atoms with Gasteiger partial charge in [-0.2, -0.15) is 5.10 Å². The molecule has 0 saturated heterocycles. The molecular weight excluding hydrogens is 282 g/mol. The summed E-state index contributed by atoms with van der Waals surface area (Å²) in [7, 11) is 0. The Kier molecular flexibility index (Phi) is 4.87. The molecule has 1 aromatic carbocycles. The minimum absolute atomic E-state index is 0.0291. The third kappa shape index (κ3) is 4.01. The first kappa shape index (κ1) is 14.0. The van der Waals surface area contributed by atoms with Crippen molar-refractivity contribution in [2.45, 2.75) is 17.9 Å². The summed E-state index contributed by atoms with van der Waals surface area (Å²) in [6.07, 6.45) is 3.47. The van der Waals surface area contributed by atoms with Gasteiger partial charge in [0.05, 0.1) is 23.0 Å². The standard InChI is InChI=1S/C13H14ClN3OS/c1-9(10-6-15-16-7-10)17-13(18)8-19-12-5-3-2-4-11(12)14/h2-7,9H,8H2,1H3,(H,15,16)(H,17,18). The van der Waals surface area contributed by atoms with Crippen molar-refractivity contribution >= 4 is 29.3 Å². The Morgan fingerprint density at radius 3 is 3.00 bits per heavy atom. The average molecular weight is 296 g/mol. The molecule has 19 heavy (non-hydrogen) atoms. The molecule has 0 spiro atoms. The monoisotopic (exact) mass is 295 g/mol. The number of nitrogens with one attached hydrogen (secondary N) is 2. The quantitative estimate of drug-likeness (QED) is 0.834. The molecule has 1 amide bonds. The number of amides is 1. The lowest BCUT2D eigenvalue weighted by molar-refractivity contribution is -0.119. The molecule has 1 heterocycles. The second-order valence-electron chi connectivity index (χ2n) is 4.04. The van der Waals surface area contributed by atoms with Gasteiger partial charge in [0.2, 0.25) is 5.91 Å². The van der Waals surface area contributed by atoms with Crippen LogP contribution in [0.5, 0.6) is 0 Å². The summed E-state index contributed by atoms with van der Waals surface area (Å²) in [5.74, 6) is 0.310. The lowest BCUT2D eigenvalue weighted by atomic mass is 10.2. The summed E-state index contributed by atoms with van der Waals surface area (Å²) in [6, 6.07) is 7.43. The number of carbonyl (C=O) groups is 1. The van der Waals surface area contributed by atoms with E-state index in [4.69, 9.17) is 11.6 Å². The van der Waals surface area contributed by atoms with E-state index in [1.165, 1.54) is 11.8 Å². The normalized spacial score (nSPS) is 12.1. The molecule has 0 saturated carbocycles. The second-order valence-corrected chi connectivity index (χ2v) is 5.46. The van der Waals surface area contributed by atoms with Crippen molar-refractivity contribution in [3.8, 4) is 0 Å². The Morgan fingerprint density at radius 1 is 1.53 bits per heavy atom. The van der Waals surface area contributed by atoms with Crippen molar-refractivity contribution in [2.24, 2.45) is 0 Å². The highest BCUT2D eigenvalue weighted by Gasteiger charge is 2.11. The van der Waals surface area contributed by atoms with Crippen LogP contribution in [0.3, 0.4) is 0 Å². The summed E-state index contributed by atoms with van der Waals surface area (Å²) >= 11 is 7.46. The molecule has 2 aromatic rings. The number of rotatable bonds is 5. The minimum atomic E-state index is -0.0573. The van der Waals surface area contributed by atoms with Crippen molar-refractivity contribution in [3.63, 3.8) is 0 Å². The summed E-state index contributed by atoms with van der Waals surface area (Å²) in [4.78, 5) is 12.7. The first-order chi connectivity index (χ1) is 9.16. The number of hydrogen-bond acceptors (Lipinski definition) is 3. The number of benzene rings is 1. The summed E-state index contributed by atoms with van der Waals surface area (Å²) in [6.45, 7) is 1.92. The van der Waals surface area contributed by atoms with Crippen LogP contribution in [0, 0.1) is 0 Å². The maximum atomic E-state index is 11.8. The van der Waals surface area contributed by atoms with Crippen LogP contribution in [0.25, 0.3) is 0 Å². The van der Waals surface area contributed by atoms with Crippen molar-refractivity contribution in [1.82, 2.24) is 15.5 Å². The van der Waals surface area contributed by atoms with E-state index in [0.29, 0.717) is 10.8 Å². The molecule has 2 rings (SSSR count). The third-order valence-corrected chi connectivity index (χ3v) is 4.11. The largest absolute Gasteiger partial charge is 0.349 e. The lowest BCUT2D eigenvalue weighted by Gasteiger charge is -2.12. The van der Waals surface area contributed by atoms with Crippen LogP contribution in [0.2, 0.25) is 5.02 Å². The Balaban J connectivity index is 1.84. The van der Waals surface area contributed by atoms with Gasteiger partial charge >= 0.3 is 0 Å². The molecule has 2 N–H and O–H groups in total. The van der Waals surface area contributed by atoms with Gasteiger partial charge in [-0.25, -0.2) is 0 Å². The predicted molar refractivity (Wildman–Crippen MR) is 77.3 cm³/mol. The second kappa shape index (κ2) is 6.63. The zero-order valence-electron chi connectivity index (χ0n) is 10.4. The van der Waals surface area contributed by atoms with E-state index in [0.717, 1.165) is 10.5 Å². The van der Waals surface area contributed by atoms with Gasteiger partial charge in [-0.05, 0) is 19.1 Å². The van der Waals surface area contributed by atoms with Crippen LogP contribution < -0.4 is 5.32 Å². The molecule has 0 aliphatic heterocycles. The highest BCUT2D eigenvalue weighted by Crippen LogP contribution is 2.26. The molecule has 0 aliphatic carbocycles. The topological polar surface area (TPSA) is 57.8 Å². The fraction of sp³-hybridized carbons (Fsp3) is 0.231. The minimum Gasteiger partial charge on any atom is -0.349 e. The van der Waals surface area contributed by atoms with Gasteiger partial charge in [0, 0.05) is 16.7 Å². The maximum absolute atomic E-state index is 11.8. The van der Waals surface area contributed by atoms with Crippen molar-refractivity contribution in [1.29, 1.82) is 0 Å². The molecule has 0 fully saturated rings. The van der Waals surface area contributed by atoms with Crippen LogP contribution >= 0.6 is 23.4 Å². The Bertz CT molecular complexity index is 545. The van der Waals surface area contributed by atoms with E-state index < -0.39 is 0 Å². The average Bonchev–Trinajstić information content (AvgIpc) is 2.91. The molecule has 6 heteroatoms. The molecule has 100 valence electrons. The smallest absolute Gasteiger partial charge is 0.230 e. The van der Waals surface area contributed by atoms with E-state index in [9.17, 15) is 4.79 Å². The number of hydrogen-bond donors (Lipinski definition) is 2. The maximum Gasteiger partial charge on any atom is 0.230 e. The van der Waals surface area contributed by atoms with Crippen molar-refractivity contribution in [3.05, 3.63) is 47.2 Å². The van der Waals surface area contributed by atoms with Crippen LogP contribution in [-0.2, 0) is 4.79 Å². The van der Waals surface area contributed by atoms with Crippen LogP contribution in [0.4, 0.5) is 0 Å². The fourth-order valence-electron chi connectivity index (χ4n) is 1.57. The lowest BCUT2D eigenvalue weighted by Crippen LogP contribution is -2.27. The number of aromatic amines is 1. The first-order valence-electron chi connectivity index (χ1n) is 5.82. The van der Waals surface area contributed by atoms with Gasteiger partial charge in [-0.3, -0.25) is 9.89 Å². The van der Waals surface area contributed by atoms with E-state index in [1.807, 2.05) is 31.2 Å². The highest BCUT2D eigenvalue weighted by molar-refractivity contribution is 8.00. The summed E-state index contributed by atoms with van der Waals surface area (Å²) in [5, 5.41) is 10.2. The van der Waals surface area contributed by atoms with E-state index in [-0.39, 0.29) is 11.9 Å². The van der Waals surface area contributed by atoms with Gasteiger partial charge in [0.25, 0.3) is 0 Å². The fourth-order valence-corrected chi connectivity index (χ4v) is 2.62.